The maximum absolute atomic E-state index is 13.8. The molecule has 9 nitrogen and oxygen atoms in total. The number of fused-ring (bicyclic) bond motifs is 1. The topological polar surface area (TPSA) is 106 Å². The average molecular weight is 584 g/mol. The summed E-state index contributed by atoms with van der Waals surface area (Å²) in [6.45, 7) is 4.27. The van der Waals surface area contributed by atoms with E-state index in [1.165, 1.54) is 40.2 Å². The summed E-state index contributed by atoms with van der Waals surface area (Å²) in [6, 6.07) is 6.67. The molecule has 0 bridgehead atoms. The Morgan fingerprint density at radius 1 is 1.35 bits per heavy atom. The van der Waals surface area contributed by atoms with E-state index in [2.05, 4.69) is 11.6 Å². The molecule has 0 saturated carbocycles. The molecule has 0 N–H and O–H groups in total. The lowest BCUT2D eigenvalue weighted by atomic mass is 10.0. The zero-order chi connectivity index (χ0) is 26.6. The maximum atomic E-state index is 13.8. The summed E-state index contributed by atoms with van der Waals surface area (Å²) < 4.78 is 39.9. The molecule has 1 aromatic carbocycles. The van der Waals surface area contributed by atoms with Crippen LogP contribution in [0.3, 0.4) is 0 Å². The van der Waals surface area contributed by atoms with Gasteiger partial charge in [-0.1, -0.05) is 23.7 Å². The molecule has 4 rings (SSSR count). The smallest absolute Gasteiger partial charge is 0.293 e. The molecule has 0 radical (unpaired) electrons. The molecule has 1 saturated heterocycles. The number of aromatic nitrogens is 1. The minimum Gasteiger partial charge on any atom is -0.467 e. The van der Waals surface area contributed by atoms with E-state index in [-0.39, 0.29) is 44.7 Å². The molecule has 3 heterocycles. The molecule has 1 aliphatic rings. The molecular formula is C24H26ClN3O6S3. The Labute approximate surface area is 228 Å². The van der Waals surface area contributed by atoms with Crippen LogP contribution in [0.25, 0.3) is 10.1 Å². The summed E-state index contributed by atoms with van der Waals surface area (Å²) in [4.78, 5) is 30.6. The Kier molecular flexibility index (Phi) is 8.98. The SMILES string of the molecule is C=CC(c1cc2ccc(Cl)cc2s1)S(=O)(=O)N1CC(=O)N(CC(COC=O)c2cscn2)C(COC)C1. The zero-order valence-electron chi connectivity index (χ0n) is 20.0. The van der Waals surface area contributed by atoms with Crippen molar-refractivity contribution in [1.29, 1.82) is 0 Å². The van der Waals surface area contributed by atoms with Crippen LogP contribution < -0.4 is 0 Å². The minimum atomic E-state index is -3.97. The molecule has 1 fully saturated rings. The molecule has 3 aromatic rings. The predicted molar refractivity (Wildman–Crippen MR) is 145 cm³/mol. The normalized spacial score (nSPS) is 18.6. The number of sulfonamides is 1. The highest BCUT2D eigenvalue weighted by molar-refractivity contribution is 7.89. The molecule has 198 valence electrons. The molecule has 0 aliphatic carbocycles. The zero-order valence-corrected chi connectivity index (χ0v) is 23.2. The molecule has 0 spiro atoms. The first-order valence-corrected chi connectivity index (χ1v) is 14.9. The first-order chi connectivity index (χ1) is 17.8. The van der Waals surface area contributed by atoms with Gasteiger partial charge in [0, 0.05) is 40.2 Å². The van der Waals surface area contributed by atoms with Gasteiger partial charge in [0.05, 0.1) is 36.3 Å². The van der Waals surface area contributed by atoms with E-state index in [1.54, 1.807) is 22.5 Å². The summed E-state index contributed by atoms with van der Waals surface area (Å²) in [7, 11) is -2.47. The lowest BCUT2D eigenvalue weighted by Gasteiger charge is -2.42. The third-order valence-electron chi connectivity index (χ3n) is 6.17. The molecule has 37 heavy (non-hydrogen) atoms. The number of hydrogen-bond donors (Lipinski definition) is 0. The van der Waals surface area contributed by atoms with Gasteiger partial charge < -0.3 is 14.4 Å². The Morgan fingerprint density at radius 2 is 2.16 bits per heavy atom. The summed E-state index contributed by atoms with van der Waals surface area (Å²) >= 11 is 8.83. The van der Waals surface area contributed by atoms with Crippen LogP contribution in [0.1, 0.15) is 21.7 Å². The number of benzene rings is 1. The Bertz CT molecular complexity index is 1360. The highest BCUT2D eigenvalue weighted by atomic mass is 35.5. The number of piperazine rings is 1. The first-order valence-electron chi connectivity index (χ1n) is 11.3. The number of nitrogens with zero attached hydrogens (tertiary/aromatic N) is 3. The summed E-state index contributed by atoms with van der Waals surface area (Å²) in [5.41, 5.74) is 2.36. The van der Waals surface area contributed by atoms with Crippen molar-refractivity contribution >= 4 is 66.8 Å². The number of ether oxygens (including phenoxy) is 2. The van der Waals surface area contributed by atoms with E-state index in [9.17, 15) is 18.0 Å². The van der Waals surface area contributed by atoms with Crippen molar-refractivity contribution in [3.05, 3.63) is 63.4 Å². The number of thiazole rings is 1. The van der Waals surface area contributed by atoms with Crippen molar-refractivity contribution in [2.24, 2.45) is 0 Å². The van der Waals surface area contributed by atoms with Crippen LogP contribution in [0.15, 0.2) is 47.8 Å². The Hall–Kier alpha value is -2.35. The number of hydrogen-bond acceptors (Lipinski definition) is 9. The second-order valence-corrected chi connectivity index (χ2v) is 12.8. The number of carbonyl (C=O) groups excluding carboxylic acids is 2. The maximum Gasteiger partial charge on any atom is 0.293 e. The highest BCUT2D eigenvalue weighted by Gasteiger charge is 2.42. The lowest BCUT2D eigenvalue weighted by Crippen LogP contribution is -2.60. The number of methoxy groups -OCH3 is 1. The third kappa shape index (κ3) is 6.05. The van der Waals surface area contributed by atoms with Gasteiger partial charge in [-0.3, -0.25) is 9.59 Å². The number of halogens is 1. The van der Waals surface area contributed by atoms with Crippen LogP contribution in [0.5, 0.6) is 0 Å². The van der Waals surface area contributed by atoms with Gasteiger partial charge in [-0.15, -0.1) is 29.3 Å². The quantitative estimate of drug-likeness (QED) is 0.236. The van der Waals surface area contributed by atoms with E-state index in [0.717, 1.165) is 10.1 Å². The van der Waals surface area contributed by atoms with Crippen LogP contribution >= 0.6 is 34.3 Å². The summed E-state index contributed by atoms with van der Waals surface area (Å²) in [5, 5.41) is 2.27. The van der Waals surface area contributed by atoms with E-state index in [0.29, 0.717) is 22.1 Å². The van der Waals surface area contributed by atoms with Gasteiger partial charge in [0.25, 0.3) is 6.47 Å². The van der Waals surface area contributed by atoms with Crippen molar-refractivity contribution < 1.29 is 27.5 Å². The Morgan fingerprint density at radius 3 is 2.84 bits per heavy atom. The van der Waals surface area contributed by atoms with Gasteiger partial charge in [0.1, 0.15) is 11.9 Å². The number of carbonyl (C=O) groups is 2. The van der Waals surface area contributed by atoms with Crippen LogP contribution in [-0.2, 0) is 29.1 Å². The molecule has 2 aromatic heterocycles. The van der Waals surface area contributed by atoms with Crippen molar-refractivity contribution in [3.63, 3.8) is 0 Å². The molecule has 1 aliphatic heterocycles. The van der Waals surface area contributed by atoms with Crippen molar-refractivity contribution in [1.82, 2.24) is 14.2 Å². The van der Waals surface area contributed by atoms with Crippen molar-refractivity contribution in [3.8, 4) is 0 Å². The van der Waals surface area contributed by atoms with Crippen LogP contribution in [0.2, 0.25) is 5.02 Å². The van der Waals surface area contributed by atoms with E-state index in [1.807, 2.05) is 17.5 Å². The fourth-order valence-corrected chi connectivity index (χ4v) is 8.44. The summed E-state index contributed by atoms with van der Waals surface area (Å²) in [5.74, 6) is -0.719. The van der Waals surface area contributed by atoms with Crippen molar-refractivity contribution in [2.45, 2.75) is 17.2 Å². The Balaban J connectivity index is 1.58. The van der Waals surface area contributed by atoms with E-state index < -0.39 is 21.3 Å². The van der Waals surface area contributed by atoms with E-state index in [4.69, 9.17) is 21.1 Å². The van der Waals surface area contributed by atoms with Gasteiger partial charge in [0.15, 0.2) is 0 Å². The monoisotopic (exact) mass is 583 g/mol. The molecule has 3 atom stereocenters. The first kappa shape index (κ1) is 27.7. The van der Waals surface area contributed by atoms with Crippen LogP contribution in [0.4, 0.5) is 0 Å². The fraction of sp³-hybridized carbons (Fsp3) is 0.375. The van der Waals surface area contributed by atoms with E-state index >= 15 is 0 Å². The molecular weight excluding hydrogens is 558 g/mol. The third-order valence-corrected chi connectivity index (χ3v) is 10.4. The number of rotatable bonds is 12. The fourth-order valence-electron chi connectivity index (χ4n) is 4.38. The van der Waals surface area contributed by atoms with Gasteiger partial charge in [-0.2, -0.15) is 4.31 Å². The van der Waals surface area contributed by atoms with Crippen molar-refractivity contribution in [2.75, 3.05) is 40.0 Å². The van der Waals surface area contributed by atoms with Crippen LogP contribution in [0, 0.1) is 0 Å². The lowest BCUT2D eigenvalue weighted by molar-refractivity contribution is -0.140. The van der Waals surface area contributed by atoms with Gasteiger partial charge in [-0.05, 0) is 23.6 Å². The largest absolute Gasteiger partial charge is 0.467 e. The van der Waals surface area contributed by atoms with Gasteiger partial charge in [0.2, 0.25) is 15.9 Å². The van der Waals surface area contributed by atoms with Gasteiger partial charge >= 0.3 is 0 Å². The second kappa shape index (κ2) is 12.0. The predicted octanol–water partition coefficient (Wildman–Crippen LogP) is 3.68. The molecule has 3 unspecified atom stereocenters. The summed E-state index contributed by atoms with van der Waals surface area (Å²) in [6.07, 6.45) is 1.39. The average Bonchev–Trinajstić information content (AvgIpc) is 3.53. The second-order valence-electron chi connectivity index (χ2n) is 8.52. The number of thiophene rings is 1. The standard InChI is InChI=1S/C24H26ClN3O6S3/c1-3-23(22-6-16-4-5-18(25)7-21(16)36-22)37(31,32)27-9-19(12-33-2)28(24(30)10-27)8-17(11-34-15-29)20-13-35-14-26-20/h3-7,13-15,17,19,23H,1,8-12H2,2H3. The molecule has 1 amide bonds. The highest BCUT2D eigenvalue weighted by Crippen LogP contribution is 2.37. The van der Waals surface area contributed by atoms with Gasteiger partial charge in [-0.25, -0.2) is 13.4 Å². The molecule has 13 heteroatoms. The minimum absolute atomic E-state index is 0.0488. The number of amides is 1. The van der Waals surface area contributed by atoms with Crippen LogP contribution in [-0.4, -0.2) is 81.0 Å².